The van der Waals surface area contributed by atoms with Crippen LogP contribution in [0.4, 0.5) is 0 Å². The zero-order valence-corrected chi connectivity index (χ0v) is 18.5. The molecule has 0 spiro atoms. The summed E-state index contributed by atoms with van der Waals surface area (Å²) in [6, 6.07) is 22.3. The molecule has 0 aliphatic rings. The van der Waals surface area contributed by atoms with E-state index in [1.54, 1.807) is 14.2 Å². The van der Waals surface area contributed by atoms with Crippen LogP contribution in [0.2, 0.25) is 0 Å². The average Bonchev–Trinajstić information content (AvgIpc) is 2.82. The largest absolute Gasteiger partial charge is 0.493 e. The van der Waals surface area contributed by atoms with Gasteiger partial charge in [0.2, 0.25) is 0 Å². The number of ether oxygens (including phenoxy) is 4. The Hall–Kier alpha value is -3.18. The molecule has 0 atom stereocenters. The van der Waals surface area contributed by atoms with Gasteiger partial charge in [-0.15, -0.1) is 0 Å². The van der Waals surface area contributed by atoms with Crippen molar-refractivity contribution < 1.29 is 18.9 Å². The number of methoxy groups -OCH3 is 2. The molecular weight excluding hydrogens is 390 g/mol. The molecule has 3 rings (SSSR count). The second kappa shape index (κ2) is 11.9. The minimum absolute atomic E-state index is 0.518. The predicted octanol–water partition coefficient (Wildman–Crippen LogP) is 5.01. The molecular formula is C26H31NO4. The van der Waals surface area contributed by atoms with E-state index >= 15 is 0 Å². The zero-order valence-electron chi connectivity index (χ0n) is 18.5. The lowest BCUT2D eigenvalue weighted by atomic mass is 10.1. The van der Waals surface area contributed by atoms with Crippen molar-refractivity contribution in [3.05, 3.63) is 83.4 Å². The van der Waals surface area contributed by atoms with Gasteiger partial charge in [-0.25, -0.2) is 0 Å². The second-order valence-corrected chi connectivity index (χ2v) is 7.10. The normalized spacial score (nSPS) is 10.5. The molecule has 3 aromatic carbocycles. The van der Waals surface area contributed by atoms with Gasteiger partial charge in [-0.1, -0.05) is 42.5 Å². The number of rotatable bonds is 12. The van der Waals surface area contributed by atoms with Crippen molar-refractivity contribution in [2.24, 2.45) is 0 Å². The lowest BCUT2D eigenvalue weighted by Crippen LogP contribution is -2.16. The Kier molecular flexibility index (Phi) is 8.61. The van der Waals surface area contributed by atoms with Gasteiger partial charge in [-0.2, -0.15) is 0 Å². The van der Waals surface area contributed by atoms with Crippen LogP contribution in [-0.4, -0.2) is 27.4 Å². The topological polar surface area (TPSA) is 49.0 Å². The van der Waals surface area contributed by atoms with E-state index < -0.39 is 0 Å². The molecule has 0 aliphatic heterocycles. The third-order valence-electron chi connectivity index (χ3n) is 4.91. The van der Waals surface area contributed by atoms with Gasteiger partial charge >= 0.3 is 0 Å². The monoisotopic (exact) mass is 421 g/mol. The third-order valence-corrected chi connectivity index (χ3v) is 4.91. The number of hydrogen-bond acceptors (Lipinski definition) is 5. The van der Waals surface area contributed by atoms with Crippen LogP contribution in [0.3, 0.4) is 0 Å². The van der Waals surface area contributed by atoms with Crippen LogP contribution in [0, 0.1) is 0 Å². The van der Waals surface area contributed by atoms with Gasteiger partial charge in [-0.05, 0) is 60.8 Å². The lowest BCUT2D eigenvalue weighted by molar-refractivity contribution is 0.269. The van der Waals surface area contributed by atoms with Crippen LogP contribution in [0.5, 0.6) is 23.0 Å². The summed E-state index contributed by atoms with van der Waals surface area (Å²) >= 11 is 0. The van der Waals surface area contributed by atoms with Gasteiger partial charge in [0, 0.05) is 6.54 Å². The Bertz CT molecular complexity index is 943. The Morgan fingerprint density at radius 3 is 2.13 bits per heavy atom. The van der Waals surface area contributed by atoms with Crippen molar-refractivity contribution in [3.8, 4) is 23.0 Å². The molecule has 5 nitrogen and oxygen atoms in total. The maximum Gasteiger partial charge on any atom is 0.161 e. The third kappa shape index (κ3) is 6.66. The van der Waals surface area contributed by atoms with Crippen molar-refractivity contribution >= 4 is 0 Å². The van der Waals surface area contributed by atoms with Crippen LogP contribution < -0.4 is 24.3 Å². The van der Waals surface area contributed by atoms with Gasteiger partial charge in [0.15, 0.2) is 23.0 Å². The Labute approximate surface area is 184 Å². The molecule has 1 N–H and O–H groups in total. The maximum absolute atomic E-state index is 5.99. The fourth-order valence-electron chi connectivity index (χ4n) is 3.29. The summed E-state index contributed by atoms with van der Waals surface area (Å²) in [5, 5.41) is 3.49. The van der Waals surface area contributed by atoms with Crippen LogP contribution >= 0.6 is 0 Å². The van der Waals surface area contributed by atoms with Gasteiger partial charge in [0.05, 0.1) is 20.8 Å². The van der Waals surface area contributed by atoms with E-state index in [2.05, 4.69) is 29.6 Å². The zero-order chi connectivity index (χ0) is 21.9. The first-order chi connectivity index (χ1) is 15.2. The van der Waals surface area contributed by atoms with Crippen molar-refractivity contribution in [3.63, 3.8) is 0 Å². The lowest BCUT2D eigenvalue weighted by Gasteiger charge is -2.14. The fourth-order valence-corrected chi connectivity index (χ4v) is 3.29. The summed E-state index contributed by atoms with van der Waals surface area (Å²) in [5.74, 6) is 3.04. The molecule has 0 heterocycles. The SMILES string of the molecule is CCOc1cc(CNCCc2ccc(OC)c(OC)c2)ccc1OCc1ccccc1. The molecule has 3 aromatic rings. The molecule has 0 aliphatic carbocycles. The maximum atomic E-state index is 5.99. The van der Waals surface area contributed by atoms with E-state index in [-0.39, 0.29) is 0 Å². The average molecular weight is 422 g/mol. The molecule has 0 fully saturated rings. The molecule has 0 aromatic heterocycles. The molecule has 0 bridgehead atoms. The van der Waals surface area contributed by atoms with Gasteiger partial charge < -0.3 is 24.3 Å². The van der Waals surface area contributed by atoms with Gasteiger partial charge in [0.1, 0.15) is 6.61 Å². The van der Waals surface area contributed by atoms with Crippen LogP contribution in [0.15, 0.2) is 66.7 Å². The highest BCUT2D eigenvalue weighted by Crippen LogP contribution is 2.30. The van der Waals surface area contributed by atoms with Gasteiger partial charge in [-0.3, -0.25) is 0 Å². The summed E-state index contributed by atoms with van der Waals surface area (Å²) in [6.07, 6.45) is 0.900. The molecule has 31 heavy (non-hydrogen) atoms. The Morgan fingerprint density at radius 2 is 1.39 bits per heavy atom. The molecule has 164 valence electrons. The van der Waals surface area contributed by atoms with Crippen molar-refractivity contribution in [2.75, 3.05) is 27.4 Å². The van der Waals surface area contributed by atoms with E-state index in [0.29, 0.717) is 13.2 Å². The predicted molar refractivity (Wildman–Crippen MR) is 123 cm³/mol. The van der Waals surface area contributed by atoms with E-state index in [1.165, 1.54) is 5.56 Å². The van der Waals surface area contributed by atoms with Crippen molar-refractivity contribution in [1.82, 2.24) is 5.32 Å². The van der Waals surface area contributed by atoms with E-state index in [4.69, 9.17) is 18.9 Å². The molecule has 0 saturated carbocycles. The smallest absolute Gasteiger partial charge is 0.161 e. The summed E-state index contributed by atoms with van der Waals surface area (Å²) in [7, 11) is 3.30. The minimum atomic E-state index is 0.518. The Morgan fingerprint density at radius 1 is 0.677 bits per heavy atom. The first-order valence-corrected chi connectivity index (χ1v) is 10.6. The van der Waals surface area contributed by atoms with Crippen LogP contribution in [0.25, 0.3) is 0 Å². The summed E-state index contributed by atoms with van der Waals surface area (Å²) in [4.78, 5) is 0. The number of nitrogens with one attached hydrogen (secondary N) is 1. The van der Waals surface area contributed by atoms with Gasteiger partial charge in [0.25, 0.3) is 0 Å². The summed E-state index contributed by atoms with van der Waals surface area (Å²) in [5.41, 5.74) is 3.48. The molecule has 0 radical (unpaired) electrons. The minimum Gasteiger partial charge on any atom is -0.493 e. The summed E-state index contributed by atoms with van der Waals surface area (Å²) < 4.78 is 22.5. The highest BCUT2D eigenvalue weighted by atomic mass is 16.5. The molecule has 0 unspecified atom stereocenters. The Balaban J connectivity index is 1.53. The molecule has 0 saturated heterocycles. The highest BCUT2D eigenvalue weighted by Gasteiger charge is 2.08. The van der Waals surface area contributed by atoms with E-state index in [9.17, 15) is 0 Å². The number of hydrogen-bond donors (Lipinski definition) is 1. The molecule has 0 amide bonds. The van der Waals surface area contributed by atoms with Crippen LogP contribution in [0.1, 0.15) is 23.6 Å². The van der Waals surface area contributed by atoms with Crippen molar-refractivity contribution in [1.29, 1.82) is 0 Å². The van der Waals surface area contributed by atoms with Crippen LogP contribution in [-0.2, 0) is 19.6 Å². The van der Waals surface area contributed by atoms with Crippen molar-refractivity contribution in [2.45, 2.75) is 26.5 Å². The fraction of sp³-hybridized carbons (Fsp3) is 0.308. The van der Waals surface area contributed by atoms with E-state index in [0.717, 1.165) is 53.6 Å². The number of benzene rings is 3. The second-order valence-electron chi connectivity index (χ2n) is 7.10. The quantitative estimate of drug-likeness (QED) is 0.417. The first-order valence-electron chi connectivity index (χ1n) is 10.6. The summed E-state index contributed by atoms with van der Waals surface area (Å²) in [6.45, 7) is 4.70. The molecule has 5 heteroatoms. The standard InChI is InChI=1S/C26H31NO4/c1-4-30-26-17-22(11-13-24(26)31-19-21-8-6-5-7-9-21)18-27-15-14-20-10-12-23(28-2)25(16-20)29-3/h5-13,16-17,27H,4,14-15,18-19H2,1-3H3. The van der Waals surface area contributed by atoms with E-state index in [1.807, 2.05) is 49.4 Å². The first kappa shape index (κ1) is 22.5. The highest BCUT2D eigenvalue weighted by molar-refractivity contribution is 5.44.